The molecule has 3 aliphatic heterocycles. The molecule has 0 unspecified atom stereocenters. The second kappa shape index (κ2) is 7.03. The highest BCUT2D eigenvalue weighted by atomic mass is 31.2. The van der Waals surface area contributed by atoms with Crippen molar-refractivity contribution in [3.8, 4) is 0 Å². The standard InChI is InChI=1S/C15H27N6O4P/c1-16-7-8-17(2)13(16)23-26(22,24-14-18(3)9-10-19(14)4)25-15-20(5)11-12-21(15)6/h7-15H,1-6H3. The Morgan fingerprint density at radius 3 is 0.923 bits per heavy atom. The van der Waals surface area contributed by atoms with Crippen molar-refractivity contribution in [2.24, 2.45) is 0 Å². The molecule has 10 nitrogen and oxygen atoms in total. The molecular weight excluding hydrogens is 359 g/mol. The molecule has 0 aromatic heterocycles. The topological polar surface area (TPSA) is 64.2 Å². The predicted molar refractivity (Wildman–Crippen MR) is 96.2 cm³/mol. The molecule has 26 heavy (non-hydrogen) atoms. The van der Waals surface area contributed by atoms with Crippen LogP contribution in [0.4, 0.5) is 0 Å². The van der Waals surface area contributed by atoms with Crippen LogP contribution in [0.25, 0.3) is 0 Å². The first kappa shape index (κ1) is 18.9. The summed E-state index contributed by atoms with van der Waals surface area (Å²) in [5, 5.41) is 0. The summed E-state index contributed by atoms with van der Waals surface area (Å²) in [6.45, 7) is 0. The van der Waals surface area contributed by atoms with Crippen molar-refractivity contribution in [2.75, 3.05) is 42.3 Å². The predicted octanol–water partition coefficient (Wildman–Crippen LogP) is 1.04. The number of hydrogen-bond donors (Lipinski definition) is 0. The lowest BCUT2D eigenvalue weighted by molar-refractivity contribution is -0.108. The fourth-order valence-corrected chi connectivity index (χ4v) is 4.54. The van der Waals surface area contributed by atoms with Crippen molar-refractivity contribution in [3.05, 3.63) is 37.2 Å². The van der Waals surface area contributed by atoms with Crippen LogP contribution in [-0.4, -0.2) is 90.7 Å². The first-order valence-electron chi connectivity index (χ1n) is 8.22. The third-order valence-electron chi connectivity index (χ3n) is 4.37. The quantitative estimate of drug-likeness (QED) is 0.619. The van der Waals surface area contributed by atoms with Gasteiger partial charge in [-0.25, -0.2) is 18.1 Å². The van der Waals surface area contributed by atoms with Gasteiger partial charge in [-0.15, -0.1) is 0 Å². The third-order valence-corrected chi connectivity index (χ3v) is 5.71. The van der Waals surface area contributed by atoms with Crippen LogP contribution in [0.3, 0.4) is 0 Å². The van der Waals surface area contributed by atoms with Gasteiger partial charge < -0.3 is 29.4 Å². The van der Waals surface area contributed by atoms with Crippen molar-refractivity contribution in [1.82, 2.24) is 29.4 Å². The molecule has 0 amide bonds. The molecule has 0 N–H and O–H groups in total. The smallest absolute Gasteiger partial charge is 0.337 e. The molecule has 0 atom stereocenters. The van der Waals surface area contributed by atoms with Gasteiger partial charge in [0.25, 0.3) is 0 Å². The van der Waals surface area contributed by atoms with Gasteiger partial charge in [0.2, 0.25) is 19.1 Å². The second-order valence-corrected chi connectivity index (χ2v) is 8.16. The summed E-state index contributed by atoms with van der Waals surface area (Å²) >= 11 is 0. The summed E-state index contributed by atoms with van der Waals surface area (Å²) in [6.07, 6.45) is 9.24. The van der Waals surface area contributed by atoms with E-state index < -0.39 is 26.9 Å². The van der Waals surface area contributed by atoms with Crippen LogP contribution in [0.2, 0.25) is 0 Å². The Bertz CT molecular complexity index is 536. The number of nitrogens with zero attached hydrogens (tertiary/aromatic N) is 6. The van der Waals surface area contributed by atoms with Crippen LogP contribution in [0.15, 0.2) is 37.2 Å². The van der Waals surface area contributed by atoms with Crippen molar-refractivity contribution >= 4 is 7.82 Å². The number of rotatable bonds is 6. The average Bonchev–Trinajstić information content (AvgIpc) is 3.18. The number of phosphoric acid groups is 1. The molecule has 0 saturated heterocycles. The molecule has 3 rings (SSSR count). The Labute approximate surface area is 154 Å². The van der Waals surface area contributed by atoms with Crippen molar-refractivity contribution in [2.45, 2.75) is 19.1 Å². The Kier molecular flexibility index (Phi) is 5.12. The van der Waals surface area contributed by atoms with E-state index in [0.29, 0.717) is 0 Å². The summed E-state index contributed by atoms with van der Waals surface area (Å²) in [4.78, 5) is 10.8. The molecule has 0 saturated carbocycles. The van der Waals surface area contributed by atoms with Gasteiger partial charge in [0, 0.05) is 79.5 Å². The van der Waals surface area contributed by atoms with Gasteiger partial charge in [0.15, 0.2) is 0 Å². The van der Waals surface area contributed by atoms with E-state index in [1.54, 1.807) is 29.4 Å². The summed E-state index contributed by atoms with van der Waals surface area (Å²) in [5.41, 5.74) is 0. The minimum atomic E-state index is -3.96. The van der Waals surface area contributed by atoms with Crippen molar-refractivity contribution in [1.29, 1.82) is 0 Å². The zero-order chi connectivity index (χ0) is 19.1. The Balaban J connectivity index is 1.79. The lowest BCUT2D eigenvalue weighted by Crippen LogP contribution is -2.42. The van der Waals surface area contributed by atoms with Crippen LogP contribution in [0, 0.1) is 0 Å². The lowest BCUT2D eigenvalue weighted by atomic mass is 10.8. The van der Waals surface area contributed by atoms with Crippen LogP contribution in [-0.2, 0) is 18.1 Å². The Morgan fingerprint density at radius 2 is 0.731 bits per heavy atom. The van der Waals surface area contributed by atoms with Gasteiger partial charge in [-0.2, -0.15) is 0 Å². The molecule has 0 fully saturated rings. The zero-order valence-corrected chi connectivity index (χ0v) is 16.9. The maximum absolute atomic E-state index is 13.6. The second-order valence-electron chi connectivity index (χ2n) is 6.63. The Hall–Kier alpha value is -1.87. The Morgan fingerprint density at radius 1 is 0.538 bits per heavy atom. The molecule has 0 bridgehead atoms. The molecule has 3 heterocycles. The van der Waals surface area contributed by atoms with E-state index in [0.717, 1.165) is 0 Å². The van der Waals surface area contributed by atoms with E-state index in [9.17, 15) is 4.57 Å². The summed E-state index contributed by atoms with van der Waals surface area (Å²) < 4.78 is 31.3. The molecule has 0 aromatic carbocycles. The number of phosphoric ester groups is 1. The summed E-state index contributed by atoms with van der Waals surface area (Å²) in [7, 11) is 7.04. The molecule has 146 valence electrons. The van der Waals surface area contributed by atoms with Gasteiger partial charge in [0.1, 0.15) is 0 Å². The highest BCUT2D eigenvalue weighted by Crippen LogP contribution is 2.55. The summed E-state index contributed by atoms with van der Waals surface area (Å²) in [5.74, 6) is 0. The molecule has 0 spiro atoms. The third kappa shape index (κ3) is 3.64. The fraction of sp³-hybridized carbons (Fsp3) is 0.600. The summed E-state index contributed by atoms with van der Waals surface area (Å²) in [6, 6.07) is 0. The van der Waals surface area contributed by atoms with Gasteiger partial charge in [-0.05, 0) is 0 Å². The van der Waals surface area contributed by atoms with E-state index in [1.165, 1.54) is 0 Å². The van der Waals surface area contributed by atoms with Crippen LogP contribution in [0.1, 0.15) is 0 Å². The maximum Gasteiger partial charge on any atom is 0.484 e. The first-order chi connectivity index (χ1) is 12.2. The van der Waals surface area contributed by atoms with Gasteiger partial charge >= 0.3 is 7.82 Å². The van der Waals surface area contributed by atoms with E-state index in [2.05, 4.69) is 0 Å². The van der Waals surface area contributed by atoms with Gasteiger partial charge in [-0.3, -0.25) is 0 Å². The minimum absolute atomic E-state index is 0.587. The highest BCUT2D eigenvalue weighted by Gasteiger charge is 2.43. The normalized spacial score (nSPS) is 22.2. The van der Waals surface area contributed by atoms with Crippen LogP contribution < -0.4 is 0 Å². The van der Waals surface area contributed by atoms with E-state index in [-0.39, 0.29) is 0 Å². The average molecular weight is 386 g/mol. The molecule has 0 aromatic rings. The molecule has 11 heteroatoms. The minimum Gasteiger partial charge on any atom is -0.337 e. The van der Waals surface area contributed by atoms with Gasteiger partial charge in [-0.1, -0.05) is 0 Å². The van der Waals surface area contributed by atoms with E-state index in [4.69, 9.17) is 13.6 Å². The van der Waals surface area contributed by atoms with Crippen LogP contribution >= 0.6 is 7.82 Å². The molecular formula is C15H27N6O4P. The van der Waals surface area contributed by atoms with Gasteiger partial charge in [0.05, 0.1) is 0 Å². The van der Waals surface area contributed by atoms with Crippen molar-refractivity contribution < 1.29 is 18.1 Å². The first-order valence-corrected chi connectivity index (χ1v) is 9.68. The highest BCUT2D eigenvalue weighted by molar-refractivity contribution is 7.48. The lowest BCUT2D eigenvalue weighted by Gasteiger charge is -2.36. The monoisotopic (exact) mass is 386 g/mol. The van der Waals surface area contributed by atoms with Crippen LogP contribution in [0.5, 0.6) is 0 Å². The number of hydrogen-bond acceptors (Lipinski definition) is 10. The van der Waals surface area contributed by atoms with Crippen molar-refractivity contribution in [3.63, 3.8) is 0 Å². The van der Waals surface area contributed by atoms with E-state index >= 15 is 0 Å². The SMILES string of the molecule is CN1C=CN(C)C1OP(=O)(OC1N(C)C=CN1C)OC1N(C)C=CN1C. The fourth-order valence-electron chi connectivity index (χ4n) is 2.80. The van der Waals surface area contributed by atoms with E-state index in [1.807, 2.05) is 79.5 Å². The molecule has 0 radical (unpaired) electrons. The largest absolute Gasteiger partial charge is 0.484 e. The molecule has 3 aliphatic rings. The zero-order valence-electron chi connectivity index (χ0n) is 16.0. The maximum atomic E-state index is 13.6. The molecule has 0 aliphatic carbocycles.